The van der Waals surface area contributed by atoms with Crippen LogP contribution in [0.2, 0.25) is 0 Å². The van der Waals surface area contributed by atoms with Crippen LogP contribution in [0.25, 0.3) is 0 Å². The van der Waals surface area contributed by atoms with Crippen LogP contribution in [-0.4, -0.2) is 76.1 Å². The van der Waals surface area contributed by atoms with Crippen molar-refractivity contribution in [2.24, 2.45) is 10.7 Å². The average molecular weight is 369 g/mol. The minimum absolute atomic E-state index is 0.0881. The summed E-state index contributed by atoms with van der Waals surface area (Å²) in [5.41, 5.74) is 7.14. The Bertz CT molecular complexity index is 655. The number of nitrogens with two attached hydrogens (primary N) is 1. The molecule has 2 rings (SSSR count). The molecule has 1 fully saturated rings. The number of aliphatic hydroxyl groups excluding tert-OH is 1. The van der Waals surface area contributed by atoms with Crippen LogP contribution in [0.1, 0.15) is 16.1 Å². The molecular weight excluding hydrogens is 350 g/mol. The first kappa shape index (κ1) is 18.8. The summed E-state index contributed by atoms with van der Waals surface area (Å²) >= 11 is 1.28. The fourth-order valence-electron chi connectivity index (χ4n) is 2.28. The van der Waals surface area contributed by atoms with Gasteiger partial charge in [0.2, 0.25) is 5.91 Å². The van der Waals surface area contributed by atoms with Gasteiger partial charge in [0, 0.05) is 26.2 Å². The van der Waals surface area contributed by atoms with Gasteiger partial charge in [-0.15, -0.1) is 11.3 Å². The predicted octanol–water partition coefficient (Wildman–Crippen LogP) is -1.40. The van der Waals surface area contributed by atoms with Crippen molar-refractivity contribution in [1.29, 1.82) is 0 Å². The number of piperazine rings is 1. The van der Waals surface area contributed by atoms with Gasteiger partial charge in [-0.2, -0.15) is 4.99 Å². The van der Waals surface area contributed by atoms with Crippen LogP contribution in [0.3, 0.4) is 0 Å². The van der Waals surface area contributed by atoms with Crippen molar-refractivity contribution in [3.63, 3.8) is 0 Å². The third kappa shape index (κ3) is 4.98. The quantitative estimate of drug-likeness (QED) is 0.221. The van der Waals surface area contributed by atoms with Crippen molar-refractivity contribution >= 4 is 35.0 Å². The second kappa shape index (κ2) is 8.55. The van der Waals surface area contributed by atoms with Gasteiger partial charge in [-0.3, -0.25) is 19.6 Å². The van der Waals surface area contributed by atoms with Crippen LogP contribution in [0.5, 0.6) is 0 Å². The van der Waals surface area contributed by atoms with E-state index in [0.29, 0.717) is 31.1 Å². The van der Waals surface area contributed by atoms with Gasteiger partial charge in [0.1, 0.15) is 6.10 Å². The van der Waals surface area contributed by atoms with E-state index in [1.165, 1.54) is 21.7 Å². The van der Waals surface area contributed by atoms with Crippen LogP contribution in [-0.2, 0) is 9.59 Å². The lowest BCUT2D eigenvalue weighted by molar-refractivity contribution is -0.144. The van der Waals surface area contributed by atoms with Crippen molar-refractivity contribution in [3.05, 3.63) is 22.4 Å². The molecule has 0 bridgehead atoms. The second-order valence-corrected chi connectivity index (χ2v) is 6.26. The zero-order valence-electron chi connectivity index (χ0n) is 13.3. The Morgan fingerprint density at radius 2 is 1.92 bits per heavy atom. The zero-order chi connectivity index (χ0) is 18.4. The van der Waals surface area contributed by atoms with Gasteiger partial charge in [-0.05, 0) is 11.4 Å². The summed E-state index contributed by atoms with van der Waals surface area (Å²) in [5, 5.41) is 19.6. The van der Waals surface area contributed by atoms with Crippen molar-refractivity contribution in [1.82, 2.24) is 15.3 Å². The Labute approximate surface area is 147 Å². The molecule has 25 heavy (non-hydrogen) atoms. The Hall–Kier alpha value is -2.50. The molecule has 0 spiro atoms. The average Bonchev–Trinajstić information content (AvgIpc) is 3.15. The molecule has 0 aromatic carbocycles. The molecule has 2 heterocycles. The first-order valence-electron chi connectivity index (χ1n) is 7.49. The van der Waals surface area contributed by atoms with Crippen LogP contribution in [0.15, 0.2) is 22.5 Å². The molecular formula is C14H19N5O5S. The summed E-state index contributed by atoms with van der Waals surface area (Å²) < 4.78 is 0. The number of hydrogen-bond acceptors (Lipinski definition) is 6. The van der Waals surface area contributed by atoms with E-state index >= 15 is 0 Å². The number of nitrogens with one attached hydrogen (secondary N) is 1. The Morgan fingerprint density at radius 1 is 1.28 bits per heavy atom. The van der Waals surface area contributed by atoms with Crippen LogP contribution < -0.4 is 11.2 Å². The highest BCUT2D eigenvalue weighted by Gasteiger charge is 2.26. The maximum atomic E-state index is 12.0. The first-order chi connectivity index (χ1) is 11.9. The number of guanidine groups is 1. The number of carbonyl (C=O) groups is 3. The molecule has 1 unspecified atom stereocenters. The van der Waals surface area contributed by atoms with Gasteiger partial charge in [0.15, 0.2) is 5.96 Å². The van der Waals surface area contributed by atoms with Crippen LogP contribution in [0.4, 0.5) is 0 Å². The third-order valence-corrected chi connectivity index (χ3v) is 4.54. The summed E-state index contributed by atoms with van der Waals surface area (Å²) in [5.74, 6) is -1.77. The van der Waals surface area contributed by atoms with E-state index in [0.717, 1.165) is 0 Å². The molecule has 0 radical (unpaired) electrons. The van der Waals surface area contributed by atoms with Crippen molar-refractivity contribution in [2.75, 3.05) is 26.2 Å². The highest BCUT2D eigenvalue weighted by atomic mass is 32.1. The van der Waals surface area contributed by atoms with E-state index in [2.05, 4.69) is 4.99 Å². The van der Waals surface area contributed by atoms with Crippen molar-refractivity contribution < 1.29 is 24.7 Å². The number of aliphatic imine (C=N–C) groups is 1. The summed E-state index contributed by atoms with van der Waals surface area (Å²) in [7, 11) is 0. The number of hydrogen-bond donors (Lipinski definition) is 4. The van der Waals surface area contributed by atoms with Gasteiger partial charge in [-0.25, -0.2) is 5.48 Å². The number of rotatable bonds is 4. The van der Waals surface area contributed by atoms with Gasteiger partial charge >= 0.3 is 0 Å². The molecule has 1 saturated heterocycles. The molecule has 0 aliphatic carbocycles. The SMILES string of the molecule is NC(=NC(=O)c1cccs1)N1CCN(C(=O)CC(O)C(=O)NO)CC1. The number of hydroxylamine groups is 1. The van der Waals surface area contributed by atoms with Gasteiger partial charge in [-0.1, -0.05) is 6.07 Å². The summed E-state index contributed by atoms with van der Waals surface area (Å²) in [6.07, 6.45) is -2.03. The lowest BCUT2D eigenvalue weighted by atomic mass is 10.2. The second-order valence-electron chi connectivity index (χ2n) is 5.32. The monoisotopic (exact) mass is 369 g/mol. The summed E-state index contributed by atoms with van der Waals surface area (Å²) in [6.45, 7) is 1.38. The highest BCUT2D eigenvalue weighted by molar-refractivity contribution is 7.12. The highest BCUT2D eigenvalue weighted by Crippen LogP contribution is 2.11. The molecule has 0 saturated carbocycles. The third-order valence-electron chi connectivity index (χ3n) is 3.69. The maximum Gasteiger partial charge on any atom is 0.290 e. The molecule has 11 heteroatoms. The largest absolute Gasteiger partial charge is 0.383 e. The van der Waals surface area contributed by atoms with Crippen LogP contribution in [0, 0.1) is 0 Å². The minimum Gasteiger partial charge on any atom is -0.383 e. The molecule has 1 aromatic heterocycles. The van der Waals surface area contributed by atoms with Gasteiger partial charge in [0.25, 0.3) is 11.8 Å². The minimum atomic E-state index is -1.61. The molecule has 136 valence electrons. The first-order valence-corrected chi connectivity index (χ1v) is 8.37. The van der Waals surface area contributed by atoms with E-state index in [9.17, 15) is 19.5 Å². The number of aliphatic hydroxyl groups is 1. The predicted molar refractivity (Wildman–Crippen MR) is 89.0 cm³/mol. The Morgan fingerprint density at radius 3 is 2.48 bits per heavy atom. The topological polar surface area (TPSA) is 149 Å². The van der Waals surface area contributed by atoms with Gasteiger partial charge in [0.05, 0.1) is 11.3 Å². The Balaban J connectivity index is 1.85. The molecule has 10 nitrogen and oxygen atoms in total. The fraction of sp³-hybridized carbons (Fsp3) is 0.429. The number of nitrogens with zero attached hydrogens (tertiary/aromatic N) is 3. The van der Waals surface area contributed by atoms with E-state index in [1.807, 2.05) is 0 Å². The van der Waals surface area contributed by atoms with Crippen molar-refractivity contribution in [2.45, 2.75) is 12.5 Å². The number of carbonyl (C=O) groups excluding carboxylic acids is 3. The lowest BCUT2D eigenvalue weighted by Gasteiger charge is -2.35. The fourth-order valence-corrected chi connectivity index (χ4v) is 2.88. The summed E-state index contributed by atoms with van der Waals surface area (Å²) in [6, 6.07) is 3.41. The lowest BCUT2D eigenvalue weighted by Crippen LogP contribution is -2.53. The number of amides is 3. The molecule has 3 amide bonds. The van der Waals surface area contributed by atoms with E-state index in [-0.39, 0.29) is 5.96 Å². The van der Waals surface area contributed by atoms with Crippen molar-refractivity contribution in [3.8, 4) is 0 Å². The molecule has 1 atom stereocenters. The van der Waals surface area contributed by atoms with E-state index in [4.69, 9.17) is 10.9 Å². The van der Waals surface area contributed by atoms with E-state index < -0.39 is 30.2 Å². The maximum absolute atomic E-state index is 12.0. The molecule has 1 aromatic rings. The van der Waals surface area contributed by atoms with Gasteiger partial charge < -0.3 is 20.6 Å². The summed E-state index contributed by atoms with van der Waals surface area (Å²) in [4.78, 5) is 42.5. The Kier molecular flexibility index (Phi) is 6.44. The van der Waals surface area contributed by atoms with E-state index in [1.54, 1.807) is 22.4 Å². The zero-order valence-corrected chi connectivity index (χ0v) is 14.1. The smallest absolute Gasteiger partial charge is 0.290 e. The number of thiophene rings is 1. The molecule has 1 aliphatic heterocycles. The van der Waals surface area contributed by atoms with Crippen LogP contribution >= 0.6 is 11.3 Å². The standard InChI is InChI=1S/C14H19N5O5S/c15-14(16-13(23)10-2-1-7-25-10)19-5-3-18(4-6-19)11(21)8-9(20)12(22)17-24/h1-2,7,9,20,24H,3-6,8H2,(H,17,22)(H2,15,16,23). The molecule has 5 N–H and O–H groups in total. The normalized spacial score (nSPS) is 16.5. The molecule has 1 aliphatic rings.